The molecular weight excluding hydrogens is 363 g/mol. The van der Waals surface area contributed by atoms with Gasteiger partial charge in [-0.2, -0.15) is 13.2 Å². The van der Waals surface area contributed by atoms with E-state index in [2.05, 4.69) is 9.97 Å². The topological polar surface area (TPSA) is 75.5 Å². The van der Waals surface area contributed by atoms with Crippen LogP contribution in [0.5, 0.6) is 5.75 Å². The Labute approximate surface area is 153 Å². The van der Waals surface area contributed by atoms with Gasteiger partial charge in [-0.05, 0) is 38.0 Å². The lowest BCUT2D eigenvalue weighted by molar-refractivity contribution is -0.140. The van der Waals surface area contributed by atoms with E-state index in [1.54, 1.807) is 6.92 Å². The minimum atomic E-state index is -4.54. The fraction of sp³-hybridized carbons (Fsp3) is 0.389. The summed E-state index contributed by atoms with van der Waals surface area (Å²) >= 11 is 0. The highest BCUT2D eigenvalue weighted by atomic mass is 19.4. The van der Waals surface area contributed by atoms with Crippen LogP contribution in [0.1, 0.15) is 24.1 Å². The SMILES string of the molecule is Cc1nc(N2CCCC2)ncc1-c1cc(C(F)(F)F)ccc1OCC(=O)O. The quantitative estimate of drug-likeness (QED) is 0.854. The number of aryl methyl sites for hydroxylation is 1. The molecule has 1 aromatic carbocycles. The monoisotopic (exact) mass is 381 g/mol. The first-order chi connectivity index (χ1) is 12.8. The van der Waals surface area contributed by atoms with Crippen molar-refractivity contribution in [3.8, 4) is 16.9 Å². The lowest BCUT2D eigenvalue weighted by Gasteiger charge is -2.18. The highest BCUT2D eigenvalue weighted by Crippen LogP contribution is 2.38. The molecule has 6 nitrogen and oxygen atoms in total. The Morgan fingerprint density at radius 1 is 1.26 bits per heavy atom. The number of alkyl halides is 3. The molecule has 1 N–H and O–H groups in total. The second-order valence-corrected chi connectivity index (χ2v) is 6.25. The van der Waals surface area contributed by atoms with Gasteiger partial charge in [0.15, 0.2) is 6.61 Å². The van der Waals surface area contributed by atoms with Crippen LogP contribution in [0.2, 0.25) is 0 Å². The van der Waals surface area contributed by atoms with Crippen molar-refractivity contribution >= 4 is 11.9 Å². The number of ether oxygens (including phenoxy) is 1. The normalized spacial score (nSPS) is 14.4. The van der Waals surface area contributed by atoms with Gasteiger partial charge in [-0.3, -0.25) is 0 Å². The number of benzene rings is 1. The number of aromatic nitrogens is 2. The van der Waals surface area contributed by atoms with E-state index in [4.69, 9.17) is 9.84 Å². The highest BCUT2D eigenvalue weighted by molar-refractivity contribution is 5.74. The van der Waals surface area contributed by atoms with Crippen LogP contribution in [0.15, 0.2) is 24.4 Å². The highest BCUT2D eigenvalue weighted by Gasteiger charge is 2.31. The predicted octanol–water partition coefficient (Wildman–Crippen LogP) is 3.53. The molecule has 1 aliphatic heterocycles. The summed E-state index contributed by atoms with van der Waals surface area (Å²) < 4.78 is 44.5. The average molecular weight is 381 g/mol. The first kappa shape index (κ1) is 18.9. The lowest BCUT2D eigenvalue weighted by Crippen LogP contribution is -2.20. The van der Waals surface area contributed by atoms with Crippen molar-refractivity contribution < 1.29 is 27.8 Å². The Morgan fingerprint density at radius 3 is 2.56 bits per heavy atom. The van der Waals surface area contributed by atoms with Crippen LogP contribution in [-0.4, -0.2) is 40.7 Å². The Hall–Kier alpha value is -2.84. The second-order valence-electron chi connectivity index (χ2n) is 6.25. The molecule has 144 valence electrons. The molecule has 0 radical (unpaired) electrons. The zero-order chi connectivity index (χ0) is 19.6. The molecule has 27 heavy (non-hydrogen) atoms. The van der Waals surface area contributed by atoms with Crippen molar-refractivity contribution in [3.63, 3.8) is 0 Å². The summed E-state index contributed by atoms with van der Waals surface area (Å²) in [6.07, 6.45) is -0.987. The molecular formula is C18H18F3N3O3. The van der Waals surface area contributed by atoms with Gasteiger partial charge in [-0.15, -0.1) is 0 Å². The number of hydrogen-bond donors (Lipinski definition) is 1. The molecule has 0 atom stereocenters. The van der Waals surface area contributed by atoms with Crippen LogP contribution >= 0.6 is 0 Å². The van der Waals surface area contributed by atoms with Gasteiger partial charge >= 0.3 is 12.1 Å². The first-order valence-electron chi connectivity index (χ1n) is 8.40. The molecule has 0 unspecified atom stereocenters. The maximum Gasteiger partial charge on any atom is 0.416 e. The van der Waals surface area contributed by atoms with Crippen molar-refractivity contribution in [2.75, 3.05) is 24.6 Å². The van der Waals surface area contributed by atoms with E-state index in [9.17, 15) is 18.0 Å². The molecule has 1 aromatic heterocycles. The molecule has 0 amide bonds. The fourth-order valence-corrected chi connectivity index (χ4v) is 2.97. The molecule has 2 heterocycles. The average Bonchev–Trinajstić information content (AvgIpc) is 3.13. The van der Waals surface area contributed by atoms with Gasteiger partial charge in [0.25, 0.3) is 0 Å². The minimum absolute atomic E-state index is 0.0334. The Bertz CT molecular complexity index is 849. The third-order valence-corrected chi connectivity index (χ3v) is 4.30. The molecule has 0 spiro atoms. The number of anilines is 1. The number of rotatable bonds is 5. The molecule has 1 fully saturated rings. The zero-order valence-electron chi connectivity index (χ0n) is 14.6. The second kappa shape index (κ2) is 7.42. The van der Waals surface area contributed by atoms with Gasteiger partial charge in [-0.1, -0.05) is 0 Å². The van der Waals surface area contributed by atoms with E-state index in [1.807, 2.05) is 4.90 Å². The van der Waals surface area contributed by atoms with Gasteiger partial charge in [0.1, 0.15) is 5.75 Å². The van der Waals surface area contributed by atoms with Gasteiger partial charge in [0.2, 0.25) is 5.95 Å². The van der Waals surface area contributed by atoms with Crippen LogP contribution < -0.4 is 9.64 Å². The van der Waals surface area contributed by atoms with E-state index in [0.717, 1.165) is 44.1 Å². The molecule has 2 aromatic rings. The van der Waals surface area contributed by atoms with Crippen molar-refractivity contribution in [2.24, 2.45) is 0 Å². The largest absolute Gasteiger partial charge is 0.481 e. The molecule has 1 aliphatic rings. The molecule has 0 bridgehead atoms. The van der Waals surface area contributed by atoms with Gasteiger partial charge in [-0.25, -0.2) is 14.8 Å². The van der Waals surface area contributed by atoms with Gasteiger partial charge in [0.05, 0.1) is 11.3 Å². The molecule has 3 rings (SSSR count). The number of hydrogen-bond acceptors (Lipinski definition) is 5. The fourth-order valence-electron chi connectivity index (χ4n) is 2.97. The maximum absolute atomic E-state index is 13.1. The van der Waals surface area contributed by atoms with Crippen LogP contribution in [0.4, 0.5) is 19.1 Å². The standard InChI is InChI=1S/C18H18F3N3O3/c1-11-14(9-22-17(23-11)24-6-2-3-7-24)13-8-12(18(19,20)21)4-5-15(13)27-10-16(25)26/h4-5,8-9H,2-3,6-7,10H2,1H3,(H,25,26). The third kappa shape index (κ3) is 4.29. The molecule has 1 saturated heterocycles. The summed E-state index contributed by atoms with van der Waals surface area (Å²) in [7, 11) is 0. The van der Waals surface area contributed by atoms with Crippen LogP contribution in [0.25, 0.3) is 11.1 Å². The van der Waals surface area contributed by atoms with Crippen LogP contribution in [0.3, 0.4) is 0 Å². The first-order valence-corrected chi connectivity index (χ1v) is 8.40. The minimum Gasteiger partial charge on any atom is -0.481 e. The van der Waals surface area contributed by atoms with E-state index < -0.39 is 24.3 Å². The number of carbonyl (C=O) groups is 1. The smallest absolute Gasteiger partial charge is 0.416 e. The van der Waals surface area contributed by atoms with Crippen molar-refractivity contribution in [1.82, 2.24) is 9.97 Å². The van der Waals surface area contributed by atoms with Gasteiger partial charge < -0.3 is 14.7 Å². The summed E-state index contributed by atoms with van der Waals surface area (Å²) in [4.78, 5) is 21.5. The van der Waals surface area contributed by atoms with E-state index in [1.165, 1.54) is 6.20 Å². The van der Waals surface area contributed by atoms with Gasteiger partial charge in [0, 0.05) is 30.4 Å². The maximum atomic E-state index is 13.1. The Kier molecular flexibility index (Phi) is 5.20. The summed E-state index contributed by atoms with van der Waals surface area (Å²) in [5.74, 6) is -0.655. The number of halogens is 3. The number of carboxylic acid groups (broad SMARTS) is 1. The molecule has 0 aliphatic carbocycles. The number of carboxylic acids is 1. The summed E-state index contributed by atoms with van der Waals surface area (Å²) in [5.41, 5.74) is 0.107. The van der Waals surface area contributed by atoms with E-state index in [0.29, 0.717) is 17.2 Å². The number of nitrogens with zero attached hydrogens (tertiary/aromatic N) is 3. The summed E-state index contributed by atoms with van der Waals surface area (Å²) in [6.45, 7) is 2.70. The predicted molar refractivity (Wildman–Crippen MR) is 91.8 cm³/mol. The summed E-state index contributed by atoms with van der Waals surface area (Å²) in [5, 5.41) is 8.80. The Balaban J connectivity index is 2.03. The number of aliphatic carboxylic acids is 1. The third-order valence-electron chi connectivity index (χ3n) is 4.30. The van der Waals surface area contributed by atoms with E-state index >= 15 is 0 Å². The molecule has 9 heteroatoms. The van der Waals surface area contributed by atoms with Crippen molar-refractivity contribution in [3.05, 3.63) is 35.7 Å². The summed E-state index contributed by atoms with van der Waals surface area (Å²) in [6, 6.07) is 2.91. The van der Waals surface area contributed by atoms with Crippen LogP contribution in [-0.2, 0) is 11.0 Å². The van der Waals surface area contributed by atoms with E-state index in [-0.39, 0.29) is 11.3 Å². The van der Waals surface area contributed by atoms with Crippen LogP contribution in [0, 0.1) is 6.92 Å². The lowest BCUT2D eigenvalue weighted by atomic mass is 10.0. The van der Waals surface area contributed by atoms with Crippen molar-refractivity contribution in [2.45, 2.75) is 25.9 Å². The zero-order valence-corrected chi connectivity index (χ0v) is 14.6. The van der Waals surface area contributed by atoms with Crippen molar-refractivity contribution in [1.29, 1.82) is 0 Å². The molecule has 0 saturated carbocycles. The Morgan fingerprint density at radius 2 is 1.96 bits per heavy atom.